The fourth-order valence-corrected chi connectivity index (χ4v) is 3.55. The molecule has 0 radical (unpaired) electrons. The van der Waals surface area contributed by atoms with Gasteiger partial charge in [-0.25, -0.2) is 4.79 Å². The van der Waals surface area contributed by atoms with Gasteiger partial charge >= 0.3 is 6.03 Å². The maximum Gasteiger partial charge on any atom is 0.317 e. The highest BCUT2D eigenvalue weighted by molar-refractivity contribution is 5.74. The summed E-state index contributed by atoms with van der Waals surface area (Å²) in [5.74, 6) is 0.854. The van der Waals surface area contributed by atoms with E-state index < -0.39 is 0 Å². The van der Waals surface area contributed by atoms with Gasteiger partial charge in [0.2, 0.25) is 0 Å². The van der Waals surface area contributed by atoms with Gasteiger partial charge in [-0.3, -0.25) is 0 Å². The van der Waals surface area contributed by atoms with Crippen LogP contribution >= 0.6 is 0 Å². The predicted molar refractivity (Wildman–Crippen MR) is 98.9 cm³/mol. The van der Waals surface area contributed by atoms with Crippen LogP contribution in [0, 0.1) is 0 Å². The van der Waals surface area contributed by atoms with E-state index in [9.17, 15) is 4.79 Å². The Balaban J connectivity index is 1.55. The molecule has 25 heavy (non-hydrogen) atoms. The van der Waals surface area contributed by atoms with E-state index in [4.69, 9.17) is 4.74 Å². The molecule has 3 aliphatic rings. The van der Waals surface area contributed by atoms with Crippen LogP contribution in [0.25, 0.3) is 0 Å². The Morgan fingerprint density at radius 1 is 1.20 bits per heavy atom. The van der Waals surface area contributed by atoms with Crippen molar-refractivity contribution in [3.05, 3.63) is 29.8 Å². The molecule has 0 aliphatic carbocycles. The third kappa shape index (κ3) is 4.86. The Labute approximate surface area is 150 Å². The van der Waals surface area contributed by atoms with Crippen LogP contribution in [0.15, 0.2) is 24.3 Å². The molecular weight excluding hydrogens is 316 g/mol. The fourth-order valence-electron chi connectivity index (χ4n) is 3.55. The van der Waals surface area contributed by atoms with Crippen molar-refractivity contribution in [2.45, 2.75) is 25.4 Å². The molecule has 3 saturated heterocycles. The molecule has 1 aromatic carbocycles. The van der Waals surface area contributed by atoms with Crippen LogP contribution in [-0.2, 0) is 6.54 Å². The quantitative estimate of drug-likeness (QED) is 0.850. The number of urea groups is 1. The van der Waals surface area contributed by atoms with Crippen LogP contribution in [0.5, 0.6) is 5.75 Å². The lowest BCUT2D eigenvalue weighted by Gasteiger charge is -2.31. The van der Waals surface area contributed by atoms with Crippen molar-refractivity contribution in [2.75, 3.05) is 53.4 Å². The summed E-state index contributed by atoms with van der Waals surface area (Å²) in [4.78, 5) is 19.3. The minimum absolute atomic E-state index is 0.0526. The van der Waals surface area contributed by atoms with E-state index in [1.54, 1.807) is 0 Å². The number of hydrogen-bond donors (Lipinski definition) is 1. The average molecular weight is 346 g/mol. The van der Waals surface area contributed by atoms with E-state index in [1.165, 1.54) is 0 Å². The number of para-hydroxylation sites is 1. The minimum atomic E-state index is 0.0526. The molecule has 4 rings (SSSR count). The molecule has 0 saturated carbocycles. The Bertz CT molecular complexity index is 570. The van der Waals surface area contributed by atoms with Gasteiger partial charge in [0.25, 0.3) is 0 Å². The van der Waals surface area contributed by atoms with Gasteiger partial charge in [-0.05, 0) is 33.0 Å². The molecular formula is C19H30N4O2. The van der Waals surface area contributed by atoms with Crippen molar-refractivity contribution in [1.29, 1.82) is 0 Å². The van der Waals surface area contributed by atoms with Gasteiger partial charge in [-0.1, -0.05) is 18.2 Å². The molecule has 6 nitrogen and oxygen atoms in total. The number of carbonyl (C=O) groups is 1. The maximum atomic E-state index is 12.7. The van der Waals surface area contributed by atoms with Gasteiger partial charge in [-0.2, -0.15) is 0 Å². The van der Waals surface area contributed by atoms with Gasteiger partial charge < -0.3 is 24.8 Å². The standard InChI is InChI=1S/C19H30N4O2/c1-21(2)13-14-25-18-6-4-3-5-16(18)15-20-19(24)23-12-11-22-9-7-17(23)8-10-22/h3-6,17H,7-15H2,1-2H3,(H,20,24). The van der Waals surface area contributed by atoms with Gasteiger partial charge in [0.15, 0.2) is 0 Å². The summed E-state index contributed by atoms with van der Waals surface area (Å²) in [5, 5.41) is 3.10. The number of likely N-dealkylation sites (N-methyl/N-ethyl adjacent to an activating group) is 1. The Morgan fingerprint density at radius 3 is 2.72 bits per heavy atom. The van der Waals surface area contributed by atoms with Crippen LogP contribution in [0.1, 0.15) is 18.4 Å². The number of fused-ring (bicyclic) bond motifs is 4. The van der Waals surface area contributed by atoms with Crippen LogP contribution < -0.4 is 10.1 Å². The topological polar surface area (TPSA) is 48.1 Å². The summed E-state index contributed by atoms with van der Waals surface area (Å²) < 4.78 is 5.88. The predicted octanol–water partition coefficient (Wildman–Crippen LogP) is 1.62. The summed E-state index contributed by atoms with van der Waals surface area (Å²) in [5.41, 5.74) is 1.03. The summed E-state index contributed by atoms with van der Waals surface area (Å²) in [6.45, 7) is 6.08. The molecule has 6 heteroatoms. The second kappa shape index (κ2) is 8.54. The zero-order chi connectivity index (χ0) is 17.6. The molecule has 1 aromatic rings. The second-order valence-electron chi connectivity index (χ2n) is 7.18. The molecule has 0 aromatic heterocycles. The Morgan fingerprint density at radius 2 is 1.96 bits per heavy atom. The highest BCUT2D eigenvalue weighted by Gasteiger charge is 2.31. The number of amides is 2. The lowest BCUT2D eigenvalue weighted by molar-refractivity contribution is 0.170. The molecule has 138 valence electrons. The van der Waals surface area contributed by atoms with Crippen LogP contribution in [-0.4, -0.2) is 80.2 Å². The van der Waals surface area contributed by atoms with Gasteiger partial charge in [-0.15, -0.1) is 0 Å². The highest BCUT2D eigenvalue weighted by atomic mass is 16.5. The van der Waals surface area contributed by atoms with Crippen LogP contribution in [0.4, 0.5) is 4.79 Å². The molecule has 0 atom stereocenters. The summed E-state index contributed by atoms with van der Waals surface area (Å²) in [6, 6.07) is 8.39. The number of rotatable bonds is 6. The lowest BCUT2D eigenvalue weighted by atomic mass is 10.1. The number of benzene rings is 1. The van der Waals surface area contributed by atoms with Crippen molar-refractivity contribution in [3.63, 3.8) is 0 Å². The molecule has 2 amide bonds. The molecule has 3 heterocycles. The largest absolute Gasteiger partial charge is 0.492 e. The van der Waals surface area contributed by atoms with E-state index in [-0.39, 0.29) is 6.03 Å². The first-order chi connectivity index (χ1) is 12.1. The van der Waals surface area contributed by atoms with Crippen LogP contribution in [0.2, 0.25) is 0 Å². The normalized spacial score (nSPS) is 22.8. The molecule has 0 spiro atoms. The first-order valence-corrected chi connectivity index (χ1v) is 9.26. The first-order valence-electron chi connectivity index (χ1n) is 9.26. The van der Waals surface area contributed by atoms with Gasteiger partial charge in [0.1, 0.15) is 12.4 Å². The van der Waals surface area contributed by atoms with E-state index in [0.717, 1.165) is 56.9 Å². The van der Waals surface area contributed by atoms with Crippen LogP contribution in [0.3, 0.4) is 0 Å². The number of hydrogen-bond acceptors (Lipinski definition) is 4. The lowest BCUT2D eigenvalue weighted by Crippen LogP contribution is -2.46. The highest BCUT2D eigenvalue weighted by Crippen LogP contribution is 2.21. The number of nitrogens with one attached hydrogen (secondary N) is 1. The smallest absolute Gasteiger partial charge is 0.317 e. The monoisotopic (exact) mass is 346 g/mol. The van der Waals surface area contributed by atoms with Crippen molar-refractivity contribution in [1.82, 2.24) is 20.0 Å². The zero-order valence-corrected chi connectivity index (χ0v) is 15.4. The molecule has 3 aliphatic heterocycles. The van der Waals surface area contributed by atoms with E-state index in [1.807, 2.05) is 43.3 Å². The van der Waals surface area contributed by atoms with Crippen molar-refractivity contribution in [3.8, 4) is 5.75 Å². The second-order valence-corrected chi connectivity index (χ2v) is 7.18. The fraction of sp³-hybridized carbons (Fsp3) is 0.632. The molecule has 0 unspecified atom stereocenters. The SMILES string of the molecule is CN(C)CCOc1ccccc1CNC(=O)N1CCN2CCC1CC2. The summed E-state index contributed by atoms with van der Waals surface area (Å²) in [7, 11) is 4.06. The van der Waals surface area contributed by atoms with Crippen molar-refractivity contribution in [2.24, 2.45) is 0 Å². The van der Waals surface area contributed by atoms with E-state index in [0.29, 0.717) is 19.2 Å². The minimum Gasteiger partial charge on any atom is -0.492 e. The number of nitrogens with zero attached hydrogens (tertiary/aromatic N) is 3. The van der Waals surface area contributed by atoms with E-state index in [2.05, 4.69) is 15.1 Å². The number of carbonyl (C=O) groups excluding carboxylic acids is 1. The molecule has 2 bridgehead atoms. The summed E-state index contributed by atoms with van der Waals surface area (Å²) in [6.07, 6.45) is 2.19. The van der Waals surface area contributed by atoms with Gasteiger partial charge in [0, 0.05) is 50.9 Å². The molecule has 1 N–H and O–H groups in total. The third-order valence-electron chi connectivity index (χ3n) is 5.11. The average Bonchev–Trinajstić information content (AvgIpc) is 2.94. The zero-order valence-electron chi connectivity index (χ0n) is 15.4. The van der Waals surface area contributed by atoms with Crippen molar-refractivity contribution < 1.29 is 9.53 Å². The Hall–Kier alpha value is -1.79. The van der Waals surface area contributed by atoms with Crippen molar-refractivity contribution >= 4 is 6.03 Å². The molecule has 3 fully saturated rings. The summed E-state index contributed by atoms with van der Waals surface area (Å²) >= 11 is 0. The Kier molecular flexibility index (Phi) is 6.15. The number of ether oxygens (including phenoxy) is 1. The first kappa shape index (κ1) is 18.0. The van der Waals surface area contributed by atoms with E-state index >= 15 is 0 Å². The maximum absolute atomic E-state index is 12.7. The number of piperidine rings is 1. The third-order valence-corrected chi connectivity index (χ3v) is 5.11. The van der Waals surface area contributed by atoms with Gasteiger partial charge in [0.05, 0.1) is 0 Å².